The molecule has 0 spiro atoms. The van der Waals surface area contributed by atoms with Gasteiger partial charge in [0.2, 0.25) is 11.8 Å². The van der Waals surface area contributed by atoms with Crippen molar-refractivity contribution in [2.24, 2.45) is 0 Å². The summed E-state index contributed by atoms with van der Waals surface area (Å²) in [6, 6.07) is -2.61. The maximum atomic E-state index is 13.3. The number of allylic oxidation sites excluding steroid dienone is 1. The van der Waals surface area contributed by atoms with Crippen LogP contribution in [0, 0.1) is 0 Å². The fourth-order valence-electron chi connectivity index (χ4n) is 9.88. The van der Waals surface area contributed by atoms with Gasteiger partial charge in [0, 0.05) is 19.8 Å². The maximum Gasteiger partial charge on any atom is 0.364 e. The molecule has 14 N–H and O–H groups in total. The smallest absolute Gasteiger partial charge is 0.364 e. The van der Waals surface area contributed by atoms with Crippen LogP contribution >= 0.6 is 0 Å². The first kappa shape index (κ1) is 67.7. The number of unbranched alkanes of at least 4 members (excludes halogenated alkanes) is 19. The van der Waals surface area contributed by atoms with E-state index in [-0.39, 0.29) is 12.3 Å². The molecule has 3 aliphatic rings. The summed E-state index contributed by atoms with van der Waals surface area (Å²) in [4.78, 5) is 38.2. The van der Waals surface area contributed by atoms with E-state index in [1.807, 2.05) is 6.08 Å². The van der Waals surface area contributed by atoms with Crippen molar-refractivity contribution in [3.05, 3.63) is 12.2 Å². The van der Waals surface area contributed by atoms with Crippen LogP contribution in [0.2, 0.25) is 0 Å². The highest BCUT2D eigenvalue weighted by Gasteiger charge is 2.60. The Morgan fingerprint density at radius 1 is 0.684 bits per heavy atom. The lowest BCUT2D eigenvalue weighted by atomic mass is 9.88. The van der Waals surface area contributed by atoms with Gasteiger partial charge in [-0.3, -0.25) is 9.59 Å². The number of carbonyl (C=O) groups excluding carboxylic acids is 2. The molecule has 3 saturated heterocycles. The van der Waals surface area contributed by atoms with Crippen LogP contribution in [-0.4, -0.2) is 215 Å². The van der Waals surface area contributed by atoms with Gasteiger partial charge in [-0.2, -0.15) is 0 Å². The van der Waals surface area contributed by atoms with Gasteiger partial charge >= 0.3 is 5.97 Å². The number of carbonyl (C=O) groups is 3. The van der Waals surface area contributed by atoms with E-state index in [0.29, 0.717) is 12.8 Å². The van der Waals surface area contributed by atoms with Crippen molar-refractivity contribution >= 4 is 17.8 Å². The molecular formula is C53H96N2O21. The zero-order chi connectivity index (χ0) is 56.2. The molecule has 0 aromatic carbocycles. The maximum absolute atomic E-state index is 13.3. The fraction of sp³-hybridized carbons (Fsp3) is 0.906. The molecule has 2 amide bonds. The van der Waals surface area contributed by atoms with Gasteiger partial charge in [0.05, 0.1) is 50.7 Å². The summed E-state index contributed by atoms with van der Waals surface area (Å²) < 4.78 is 34.5. The number of ether oxygens (including phenoxy) is 6. The van der Waals surface area contributed by atoms with Crippen molar-refractivity contribution in [3.63, 3.8) is 0 Å². The van der Waals surface area contributed by atoms with Crippen LogP contribution in [-0.2, 0) is 42.8 Å². The molecule has 3 heterocycles. The average molecular weight is 1100 g/mol. The molecule has 3 rings (SSSR count). The molecule has 23 heteroatoms. The number of carboxylic acids is 1. The molecule has 76 heavy (non-hydrogen) atoms. The zero-order valence-electron chi connectivity index (χ0n) is 45.1. The highest BCUT2D eigenvalue weighted by Crippen LogP contribution is 2.38. The predicted molar refractivity (Wildman–Crippen MR) is 274 cm³/mol. The Kier molecular flexibility index (Phi) is 32.7. The lowest BCUT2D eigenvalue weighted by Gasteiger charge is -2.50. The number of aliphatic hydroxyl groups excluding tert-OH is 11. The average Bonchev–Trinajstić information content (AvgIpc) is 3.39. The van der Waals surface area contributed by atoms with E-state index in [9.17, 15) is 75.7 Å². The van der Waals surface area contributed by atoms with E-state index in [1.165, 1.54) is 77.0 Å². The third kappa shape index (κ3) is 21.8. The summed E-state index contributed by atoms with van der Waals surface area (Å²) in [5.74, 6) is -6.14. The summed E-state index contributed by atoms with van der Waals surface area (Å²) in [5, 5.41) is 135. The minimum absolute atomic E-state index is 0.203. The number of hydrogen-bond acceptors (Lipinski definition) is 20. The Morgan fingerprint density at radius 3 is 1.75 bits per heavy atom. The standard InChI is InChI=1S/C53H96N2O21/c1-4-6-8-10-12-14-16-17-19-21-23-25-27-40(63)55-34(35(60)26-24-22-20-18-15-13-11-9-7-5-2)32-71-50-45(67)44(66)47(39(31-58)73-50)74-51-46(68)49(43(65)38(30-57)72-51)76-53(52(69)70)28-36(61)41(54-33(3)59)48(75-53)42(64)37(62)29-56/h24,26,34-39,41-51,56-58,60-62,64-68H,4-23,25,27-32H2,1-3H3,(H,54,59)(H,55,63)(H,69,70)/b26-24+. The number of rotatable bonds is 39. The SMILES string of the molecule is CCCCCCCCCC/C=C/C(O)C(COC1OC(CO)C(OC2OC(CO)C(O)C(OC3(C(=O)O)CC(O)C(NC(C)=O)C(C(O)C(O)CO)O3)C2O)C(O)C1O)NC(=O)CCCCCCCCCCCCCC. The van der Waals surface area contributed by atoms with E-state index in [2.05, 4.69) is 24.5 Å². The number of aliphatic carboxylic acids is 1. The summed E-state index contributed by atoms with van der Waals surface area (Å²) in [7, 11) is 0. The third-order valence-electron chi connectivity index (χ3n) is 14.5. The van der Waals surface area contributed by atoms with E-state index in [4.69, 9.17) is 28.4 Å². The molecule has 23 nitrogen and oxygen atoms in total. The second-order valence-electron chi connectivity index (χ2n) is 20.8. The molecule has 0 bridgehead atoms. The molecule has 444 valence electrons. The Hall–Kier alpha value is -2.53. The molecule has 18 unspecified atom stereocenters. The summed E-state index contributed by atoms with van der Waals surface area (Å²) >= 11 is 0. The van der Waals surface area contributed by atoms with Gasteiger partial charge in [-0.15, -0.1) is 0 Å². The van der Waals surface area contributed by atoms with Gasteiger partial charge in [-0.05, 0) is 19.3 Å². The lowest BCUT2D eigenvalue weighted by Crippen LogP contribution is -2.70. The number of aliphatic hydroxyl groups is 11. The Morgan fingerprint density at radius 2 is 1.22 bits per heavy atom. The molecular weight excluding hydrogens is 1000 g/mol. The van der Waals surface area contributed by atoms with Crippen LogP contribution < -0.4 is 10.6 Å². The normalized spacial score (nSPS) is 31.7. The van der Waals surface area contributed by atoms with E-state index in [1.54, 1.807) is 6.08 Å². The summed E-state index contributed by atoms with van der Waals surface area (Å²) in [6.07, 6.45) is -2.56. The Balaban J connectivity index is 1.71. The molecule has 0 radical (unpaired) electrons. The number of amides is 2. The van der Waals surface area contributed by atoms with Gasteiger partial charge < -0.3 is 100 Å². The Bertz CT molecular complexity index is 1630. The second-order valence-corrected chi connectivity index (χ2v) is 20.8. The van der Waals surface area contributed by atoms with Crippen molar-refractivity contribution in [2.45, 2.75) is 278 Å². The molecule has 0 aromatic heterocycles. The van der Waals surface area contributed by atoms with Gasteiger partial charge in [0.25, 0.3) is 5.79 Å². The fourth-order valence-corrected chi connectivity index (χ4v) is 9.88. The van der Waals surface area contributed by atoms with Crippen molar-refractivity contribution in [1.29, 1.82) is 0 Å². The topological polar surface area (TPSA) is 373 Å². The first-order valence-corrected chi connectivity index (χ1v) is 28.1. The molecule has 18 atom stereocenters. The van der Waals surface area contributed by atoms with Crippen molar-refractivity contribution in [3.8, 4) is 0 Å². The van der Waals surface area contributed by atoms with Crippen LogP contribution in [0.4, 0.5) is 0 Å². The Labute approximate surface area is 448 Å². The van der Waals surface area contributed by atoms with Crippen molar-refractivity contribution in [2.75, 3.05) is 26.4 Å². The summed E-state index contributed by atoms with van der Waals surface area (Å²) in [6.45, 7) is 2.04. The van der Waals surface area contributed by atoms with Crippen LogP contribution in [0.15, 0.2) is 12.2 Å². The van der Waals surface area contributed by atoms with E-state index >= 15 is 0 Å². The number of nitrogens with one attached hydrogen (secondary N) is 2. The largest absolute Gasteiger partial charge is 0.477 e. The number of hydrogen-bond donors (Lipinski definition) is 14. The molecule has 0 saturated carbocycles. The van der Waals surface area contributed by atoms with E-state index in [0.717, 1.165) is 51.9 Å². The molecule has 3 fully saturated rings. The van der Waals surface area contributed by atoms with Crippen molar-refractivity contribution in [1.82, 2.24) is 10.6 Å². The van der Waals surface area contributed by atoms with Gasteiger partial charge in [-0.25, -0.2) is 4.79 Å². The monoisotopic (exact) mass is 1100 g/mol. The highest BCUT2D eigenvalue weighted by molar-refractivity contribution is 5.77. The summed E-state index contributed by atoms with van der Waals surface area (Å²) in [5.41, 5.74) is 0. The second kappa shape index (κ2) is 36.7. The van der Waals surface area contributed by atoms with E-state index < -0.39 is 155 Å². The minimum atomic E-state index is -3.08. The van der Waals surface area contributed by atoms with Crippen LogP contribution in [0.25, 0.3) is 0 Å². The van der Waals surface area contributed by atoms with Crippen molar-refractivity contribution < 1.29 is 104 Å². The van der Waals surface area contributed by atoms with Crippen LogP contribution in [0.1, 0.15) is 168 Å². The minimum Gasteiger partial charge on any atom is -0.477 e. The molecule has 0 aliphatic carbocycles. The number of carboxylic acid groups (broad SMARTS) is 1. The van der Waals surface area contributed by atoms with Gasteiger partial charge in [0.15, 0.2) is 12.6 Å². The first-order valence-electron chi connectivity index (χ1n) is 28.1. The third-order valence-corrected chi connectivity index (χ3v) is 14.5. The predicted octanol–water partition coefficient (Wildman–Crippen LogP) is 0.825. The highest BCUT2D eigenvalue weighted by atomic mass is 16.8. The van der Waals surface area contributed by atoms with Crippen LogP contribution in [0.3, 0.4) is 0 Å². The van der Waals surface area contributed by atoms with Gasteiger partial charge in [-0.1, -0.05) is 142 Å². The molecule has 0 aromatic rings. The zero-order valence-corrected chi connectivity index (χ0v) is 45.1. The lowest BCUT2D eigenvalue weighted by molar-refractivity contribution is -0.386. The van der Waals surface area contributed by atoms with Crippen LogP contribution in [0.5, 0.6) is 0 Å². The van der Waals surface area contributed by atoms with Gasteiger partial charge in [0.1, 0.15) is 67.1 Å². The first-order chi connectivity index (χ1) is 36.4. The quantitative estimate of drug-likeness (QED) is 0.0299. The molecule has 3 aliphatic heterocycles.